The van der Waals surface area contributed by atoms with Crippen LogP contribution in [0.4, 0.5) is 17.1 Å². The number of hydrogen-bond acceptors (Lipinski definition) is 2. The van der Waals surface area contributed by atoms with Crippen molar-refractivity contribution in [2.75, 3.05) is 4.90 Å². The summed E-state index contributed by atoms with van der Waals surface area (Å²) in [5.74, 6) is 0. The van der Waals surface area contributed by atoms with Gasteiger partial charge in [-0.25, -0.2) is 0 Å². The number of nitrogens with zero attached hydrogens (tertiary/aromatic N) is 3. The highest BCUT2D eigenvalue weighted by atomic mass is 16.3. The van der Waals surface area contributed by atoms with Gasteiger partial charge < -0.3 is 18.5 Å². The Bertz CT molecular complexity index is 3500. The van der Waals surface area contributed by atoms with E-state index in [4.69, 9.17) is 4.42 Å². The summed E-state index contributed by atoms with van der Waals surface area (Å²) in [4.78, 5) is 2.43. The maximum absolute atomic E-state index is 6.65. The number of aromatic nitrogens is 2. The average molecular weight is 742 g/mol. The third kappa shape index (κ3) is 4.88. The number of fused-ring (bicyclic) bond motifs is 9. The molecule has 0 N–H and O–H groups in total. The molecule has 9 aromatic carbocycles. The van der Waals surface area contributed by atoms with Gasteiger partial charge in [-0.1, -0.05) is 140 Å². The zero-order valence-corrected chi connectivity index (χ0v) is 31.5. The Morgan fingerprint density at radius 1 is 0.362 bits per heavy atom. The summed E-state index contributed by atoms with van der Waals surface area (Å²) in [6.45, 7) is 0. The molecule has 58 heavy (non-hydrogen) atoms. The van der Waals surface area contributed by atoms with Crippen LogP contribution in [0.2, 0.25) is 0 Å². The molecule has 0 saturated heterocycles. The van der Waals surface area contributed by atoms with Gasteiger partial charge in [-0.3, -0.25) is 0 Å². The van der Waals surface area contributed by atoms with E-state index in [1.165, 1.54) is 38.2 Å². The Balaban J connectivity index is 1.14. The molecule has 4 heteroatoms. The van der Waals surface area contributed by atoms with Crippen LogP contribution in [0.25, 0.3) is 88.1 Å². The molecular formula is C54H35N3O. The van der Waals surface area contributed by atoms with Gasteiger partial charge in [-0.05, 0) is 83.9 Å². The van der Waals surface area contributed by atoms with Crippen molar-refractivity contribution in [3.63, 3.8) is 0 Å². The van der Waals surface area contributed by atoms with Gasteiger partial charge in [0.1, 0.15) is 5.58 Å². The van der Waals surface area contributed by atoms with E-state index in [0.717, 1.165) is 66.9 Å². The number of furan rings is 1. The zero-order chi connectivity index (χ0) is 38.2. The molecule has 0 aliphatic heterocycles. The molecule has 0 radical (unpaired) electrons. The number of rotatable bonds is 6. The van der Waals surface area contributed by atoms with Gasteiger partial charge in [-0.2, -0.15) is 0 Å². The van der Waals surface area contributed by atoms with E-state index in [9.17, 15) is 0 Å². The summed E-state index contributed by atoms with van der Waals surface area (Å²) in [5, 5.41) is 7.02. The van der Waals surface area contributed by atoms with Crippen LogP contribution >= 0.6 is 0 Å². The summed E-state index contributed by atoms with van der Waals surface area (Å²) < 4.78 is 11.4. The van der Waals surface area contributed by atoms with E-state index in [0.29, 0.717) is 0 Å². The molecule has 0 amide bonds. The first-order valence-corrected chi connectivity index (χ1v) is 19.8. The Labute approximate surface area is 334 Å². The molecule has 0 aliphatic carbocycles. The Hall–Kier alpha value is -7.82. The first-order chi connectivity index (χ1) is 28.8. The van der Waals surface area contributed by atoms with Crippen molar-refractivity contribution in [1.29, 1.82) is 0 Å². The number of anilines is 3. The summed E-state index contributed by atoms with van der Waals surface area (Å²) >= 11 is 0. The van der Waals surface area contributed by atoms with Crippen LogP contribution in [0, 0.1) is 0 Å². The van der Waals surface area contributed by atoms with Crippen molar-refractivity contribution in [3.05, 3.63) is 212 Å². The van der Waals surface area contributed by atoms with Crippen molar-refractivity contribution in [3.8, 4) is 22.5 Å². The monoisotopic (exact) mass is 741 g/mol. The lowest BCUT2D eigenvalue weighted by Crippen LogP contribution is -2.10. The average Bonchev–Trinajstić information content (AvgIpc) is 3.95. The third-order valence-corrected chi connectivity index (χ3v) is 11.7. The van der Waals surface area contributed by atoms with Crippen LogP contribution in [0.1, 0.15) is 0 Å². The molecule has 0 bridgehead atoms. The zero-order valence-electron chi connectivity index (χ0n) is 31.5. The highest BCUT2D eigenvalue weighted by Crippen LogP contribution is 2.46. The minimum Gasteiger partial charge on any atom is -0.454 e. The van der Waals surface area contributed by atoms with Crippen molar-refractivity contribution in [1.82, 2.24) is 9.13 Å². The topological polar surface area (TPSA) is 26.2 Å². The molecule has 0 saturated carbocycles. The number of hydrogen-bond donors (Lipinski definition) is 0. The number of benzene rings is 9. The molecule has 4 nitrogen and oxygen atoms in total. The quantitative estimate of drug-likeness (QED) is 0.170. The summed E-state index contributed by atoms with van der Waals surface area (Å²) in [7, 11) is 0. The first-order valence-electron chi connectivity index (χ1n) is 19.8. The normalized spacial score (nSPS) is 11.8. The van der Waals surface area contributed by atoms with Gasteiger partial charge >= 0.3 is 0 Å². The predicted octanol–water partition coefficient (Wildman–Crippen LogP) is 14.9. The second kappa shape index (κ2) is 12.9. The van der Waals surface area contributed by atoms with Crippen LogP contribution in [0.15, 0.2) is 217 Å². The van der Waals surface area contributed by atoms with E-state index in [1.807, 2.05) is 6.07 Å². The smallest absolute Gasteiger partial charge is 0.159 e. The minimum absolute atomic E-state index is 0.879. The summed E-state index contributed by atoms with van der Waals surface area (Å²) in [6.07, 6.45) is 0. The maximum Gasteiger partial charge on any atom is 0.159 e. The Morgan fingerprint density at radius 3 is 1.76 bits per heavy atom. The van der Waals surface area contributed by atoms with Crippen molar-refractivity contribution < 1.29 is 4.42 Å². The van der Waals surface area contributed by atoms with E-state index in [2.05, 4.69) is 220 Å². The molecular weight excluding hydrogens is 707 g/mol. The Morgan fingerprint density at radius 2 is 0.948 bits per heavy atom. The van der Waals surface area contributed by atoms with Crippen LogP contribution in [-0.4, -0.2) is 9.13 Å². The molecule has 12 rings (SSSR count). The molecule has 0 fully saturated rings. The van der Waals surface area contributed by atoms with Crippen LogP contribution in [-0.2, 0) is 0 Å². The SMILES string of the molecule is c1ccc(-c2ccc(N(c3ccc4c5ccccc5n(-c5ccccc5)c4c3)c3cccc4c3c3ccccc3n4-c3cccc4c3oc3ccccc34)cc2)cc1. The Kier molecular flexibility index (Phi) is 7.20. The van der Waals surface area contributed by atoms with Crippen molar-refractivity contribution in [2.45, 2.75) is 0 Å². The largest absolute Gasteiger partial charge is 0.454 e. The highest BCUT2D eigenvalue weighted by molar-refractivity contribution is 6.18. The van der Waals surface area contributed by atoms with Crippen LogP contribution < -0.4 is 4.90 Å². The van der Waals surface area contributed by atoms with Crippen molar-refractivity contribution >= 4 is 82.6 Å². The van der Waals surface area contributed by atoms with E-state index < -0.39 is 0 Å². The van der Waals surface area contributed by atoms with E-state index in [-0.39, 0.29) is 0 Å². The lowest BCUT2D eigenvalue weighted by molar-refractivity contribution is 0.666. The second-order valence-corrected chi connectivity index (χ2v) is 14.9. The minimum atomic E-state index is 0.879. The molecule has 0 aliphatic rings. The predicted molar refractivity (Wildman–Crippen MR) is 243 cm³/mol. The van der Waals surface area contributed by atoms with Gasteiger partial charge in [0.2, 0.25) is 0 Å². The van der Waals surface area contributed by atoms with Gasteiger partial charge in [0.15, 0.2) is 5.58 Å². The molecule has 0 atom stereocenters. The standard InChI is InChI=1S/C54H35N3O/c1-3-15-36(16-4-1)37-29-31-39(32-30-37)55(40-33-34-42-41-19-7-10-23-46(41)56(51(42)35-40)38-17-5-2-6-18-38)48-25-14-26-49-53(48)45-21-8-11-24-47(45)57(49)50-27-13-22-44-43-20-9-12-28-52(43)58-54(44)50/h1-35H. The molecule has 272 valence electrons. The van der Waals surface area contributed by atoms with E-state index in [1.54, 1.807) is 0 Å². The molecule has 0 unspecified atom stereocenters. The van der Waals surface area contributed by atoms with Gasteiger partial charge in [0, 0.05) is 49.4 Å². The van der Waals surface area contributed by atoms with Crippen LogP contribution in [0.3, 0.4) is 0 Å². The van der Waals surface area contributed by atoms with Crippen LogP contribution in [0.5, 0.6) is 0 Å². The summed E-state index contributed by atoms with van der Waals surface area (Å²) in [6, 6.07) is 76.2. The molecule has 3 heterocycles. The van der Waals surface area contributed by atoms with Gasteiger partial charge in [0.05, 0.1) is 33.4 Å². The fourth-order valence-corrected chi connectivity index (χ4v) is 9.17. The number of para-hydroxylation sites is 5. The second-order valence-electron chi connectivity index (χ2n) is 14.9. The van der Waals surface area contributed by atoms with Gasteiger partial charge in [-0.15, -0.1) is 0 Å². The molecule has 12 aromatic rings. The fourth-order valence-electron chi connectivity index (χ4n) is 9.17. The lowest BCUT2D eigenvalue weighted by atomic mass is 10.0. The summed E-state index contributed by atoms with van der Waals surface area (Å²) in [5.41, 5.74) is 14.1. The third-order valence-electron chi connectivity index (χ3n) is 11.7. The highest BCUT2D eigenvalue weighted by Gasteiger charge is 2.24. The first kappa shape index (κ1) is 32.4. The maximum atomic E-state index is 6.65. The van der Waals surface area contributed by atoms with Crippen molar-refractivity contribution in [2.24, 2.45) is 0 Å². The molecule has 3 aromatic heterocycles. The molecule has 0 spiro atoms. The fraction of sp³-hybridized carbons (Fsp3) is 0. The lowest BCUT2D eigenvalue weighted by Gasteiger charge is -2.27. The van der Waals surface area contributed by atoms with E-state index >= 15 is 0 Å². The van der Waals surface area contributed by atoms with Gasteiger partial charge in [0.25, 0.3) is 0 Å².